The summed E-state index contributed by atoms with van der Waals surface area (Å²) in [6.07, 6.45) is -0.368. The number of benzene rings is 2. The summed E-state index contributed by atoms with van der Waals surface area (Å²) in [5.74, 6) is 0.160. The van der Waals surface area contributed by atoms with Crippen LogP contribution in [0, 0.1) is 0 Å². The smallest absolute Gasteiger partial charge is 0.416 e. The first kappa shape index (κ1) is 35.7. The highest BCUT2D eigenvalue weighted by molar-refractivity contribution is 6.32. The molecular weight excluding hydrogens is 585 g/mol. The van der Waals surface area contributed by atoms with E-state index < -0.39 is 11.7 Å². The Balaban J connectivity index is 0.000000244. The second kappa shape index (κ2) is 18.2. The number of aldehydes is 1. The average Bonchev–Trinajstić information content (AvgIpc) is 2.99. The molecule has 1 aliphatic heterocycles. The molecule has 3 aromatic rings. The van der Waals surface area contributed by atoms with Crippen LogP contribution in [0.15, 0.2) is 66.9 Å². The van der Waals surface area contributed by atoms with Gasteiger partial charge >= 0.3 is 6.18 Å². The van der Waals surface area contributed by atoms with E-state index in [2.05, 4.69) is 22.2 Å². The van der Waals surface area contributed by atoms with Crippen LogP contribution in [0.4, 0.5) is 13.2 Å². The number of amides is 1. The monoisotopic (exact) mass is 622 g/mol. The largest absolute Gasteiger partial charge is 0.437 e. The summed E-state index contributed by atoms with van der Waals surface area (Å²) < 4.78 is 47.6. The van der Waals surface area contributed by atoms with Gasteiger partial charge in [-0.3, -0.25) is 9.59 Å². The molecule has 0 radical (unpaired) electrons. The van der Waals surface area contributed by atoms with Gasteiger partial charge in [0.15, 0.2) is 6.29 Å². The summed E-state index contributed by atoms with van der Waals surface area (Å²) in [5.41, 5.74) is 0.509. The third-order valence-corrected chi connectivity index (χ3v) is 6.80. The van der Waals surface area contributed by atoms with E-state index in [4.69, 9.17) is 21.1 Å². The summed E-state index contributed by atoms with van der Waals surface area (Å²) in [6, 6.07) is 16.2. The number of carbonyl (C=O) groups excluding carboxylic acids is 2. The van der Waals surface area contributed by atoms with E-state index in [9.17, 15) is 22.8 Å². The van der Waals surface area contributed by atoms with Crippen molar-refractivity contribution in [2.75, 3.05) is 47.9 Å². The first-order chi connectivity index (χ1) is 20.5. The van der Waals surface area contributed by atoms with Crippen molar-refractivity contribution in [3.8, 4) is 11.6 Å². The van der Waals surface area contributed by atoms with E-state index >= 15 is 0 Å². The summed E-state index contributed by atoms with van der Waals surface area (Å²) in [4.78, 5) is 30.4. The Morgan fingerprint density at radius 3 is 2.37 bits per heavy atom. The summed E-state index contributed by atoms with van der Waals surface area (Å²) >= 11 is 5.74. The molecule has 43 heavy (non-hydrogen) atoms. The molecule has 0 saturated carbocycles. The Kier molecular flexibility index (Phi) is 15.1. The highest BCUT2D eigenvalue weighted by atomic mass is 35.5. The van der Waals surface area contributed by atoms with Crippen molar-refractivity contribution in [1.29, 1.82) is 0 Å². The van der Waals surface area contributed by atoms with Crippen LogP contribution < -0.4 is 10.1 Å². The van der Waals surface area contributed by atoms with E-state index in [1.54, 1.807) is 14.2 Å². The molecule has 12 heteroatoms. The number of piperidine rings is 1. The third kappa shape index (κ3) is 12.3. The van der Waals surface area contributed by atoms with Crippen molar-refractivity contribution in [1.82, 2.24) is 20.1 Å². The molecule has 0 spiro atoms. The molecule has 1 saturated heterocycles. The highest BCUT2D eigenvalue weighted by Crippen LogP contribution is 2.36. The fourth-order valence-corrected chi connectivity index (χ4v) is 4.26. The highest BCUT2D eigenvalue weighted by Gasteiger charge is 2.31. The van der Waals surface area contributed by atoms with Gasteiger partial charge in [-0.1, -0.05) is 41.9 Å². The average molecular weight is 623 g/mol. The van der Waals surface area contributed by atoms with E-state index in [-0.39, 0.29) is 28.1 Å². The maximum absolute atomic E-state index is 12.5. The molecule has 2 heterocycles. The molecule has 0 bridgehead atoms. The van der Waals surface area contributed by atoms with Crippen LogP contribution in [-0.4, -0.2) is 80.9 Å². The number of halogens is 4. The Labute approximate surface area is 255 Å². The third-order valence-electron chi connectivity index (χ3n) is 6.50. The Morgan fingerprint density at radius 1 is 1.14 bits per heavy atom. The van der Waals surface area contributed by atoms with Crippen molar-refractivity contribution in [3.05, 3.63) is 88.6 Å². The van der Waals surface area contributed by atoms with Crippen LogP contribution >= 0.6 is 11.6 Å². The van der Waals surface area contributed by atoms with Crippen molar-refractivity contribution in [3.63, 3.8) is 0 Å². The number of hydrogen-bond acceptors (Lipinski definition) is 7. The van der Waals surface area contributed by atoms with Crippen molar-refractivity contribution in [2.45, 2.75) is 31.7 Å². The normalized spacial score (nSPS) is 13.6. The number of hydrogen-bond donors (Lipinski definition) is 1. The first-order valence-corrected chi connectivity index (χ1v) is 13.9. The van der Waals surface area contributed by atoms with E-state index in [1.807, 2.05) is 42.3 Å². The zero-order valence-corrected chi connectivity index (χ0v) is 25.5. The molecule has 1 aromatic heterocycles. The molecule has 234 valence electrons. The molecule has 1 amide bonds. The zero-order valence-electron chi connectivity index (χ0n) is 24.7. The molecule has 0 atom stereocenters. The number of pyridine rings is 1. The number of nitrogens with one attached hydrogen (secondary N) is 1. The van der Waals surface area contributed by atoms with Gasteiger partial charge in [0.05, 0.1) is 29.3 Å². The number of likely N-dealkylation sites (N-methyl/N-ethyl adjacent to an activating group) is 2. The SMILES string of the molecule is CNCC(=O)N(C)C1CCN(C)CC1.COCc1ccccc1.O=Cc1cccnc1Oc1ccc(C(F)(F)F)cc1Cl. The number of carbonyl (C=O) groups is 2. The fraction of sp³-hybridized carbons (Fsp3) is 0.387. The van der Waals surface area contributed by atoms with Crippen LogP contribution in [0.25, 0.3) is 0 Å². The molecule has 1 fully saturated rings. The molecule has 1 aliphatic rings. The number of likely N-dealkylation sites (tertiary alicyclic amines) is 1. The summed E-state index contributed by atoms with van der Waals surface area (Å²) in [6.45, 7) is 3.35. The van der Waals surface area contributed by atoms with Crippen molar-refractivity contribution < 1.29 is 32.2 Å². The van der Waals surface area contributed by atoms with Crippen molar-refractivity contribution >= 4 is 23.8 Å². The Hall–Kier alpha value is -3.51. The lowest BCUT2D eigenvalue weighted by Gasteiger charge is -2.35. The Morgan fingerprint density at radius 2 is 1.81 bits per heavy atom. The van der Waals surface area contributed by atoms with Gasteiger partial charge < -0.3 is 24.6 Å². The van der Waals surface area contributed by atoms with Crippen molar-refractivity contribution in [2.24, 2.45) is 0 Å². The topological polar surface area (TPSA) is 84.0 Å². The fourth-order valence-electron chi connectivity index (χ4n) is 4.05. The predicted molar refractivity (Wildman–Crippen MR) is 161 cm³/mol. The van der Waals surface area contributed by atoms with Crippen LogP contribution in [0.5, 0.6) is 11.6 Å². The van der Waals surface area contributed by atoms with Crippen LogP contribution in [0.3, 0.4) is 0 Å². The standard InChI is InChI=1S/C13H7ClF3NO2.C10H21N3O.C8H10O/c14-10-6-9(13(15,16)17)3-4-11(10)20-12-8(7-19)2-1-5-18-12;1-11-8-10(14)13(3)9-4-6-12(2)7-5-9;1-9-7-8-5-3-2-4-6-8/h1-7H;9,11H,4-8H2,1-3H3;2-6H,7H2,1H3. The quantitative estimate of drug-likeness (QED) is 0.311. The van der Waals surface area contributed by atoms with Crippen LogP contribution in [0.2, 0.25) is 5.02 Å². The van der Waals surface area contributed by atoms with Gasteiger partial charge in [-0.25, -0.2) is 4.98 Å². The molecule has 8 nitrogen and oxygen atoms in total. The second-order valence-electron chi connectivity index (χ2n) is 9.75. The molecule has 0 aliphatic carbocycles. The lowest BCUT2D eigenvalue weighted by atomic mass is 10.0. The Bertz CT molecular complexity index is 1270. The van der Waals surface area contributed by atoms with Gasteiger partial charge in [-0.15, -0.1) is 0 Å². The number of nitrogens with zero attached hydrogens (tertiary/aromatic N) is 3. The molecule has 0 unspecified atom stereocenters. The number of alkyl halides is 3. The van der Waals surface area contributed by atoms with Gasteiger partial charge in [0.25, 0.3) is 0 Å². The van der Waals surface area contributed by atoms with Gasteiger partial charge in [-0.2, -0.15) is 13.2 Å². The summed E-state index contributed by atoms with van der Waals surface area (Å²) in [7, 11) is 7.55. The van der Waals surface area contributed by atoms with Crippen LogP contribution in [-0.2, 0) is 22.3 Å². The van der Waals surface area contributed by atoms with Gasteiger partial charge in [-0.05, 0) is 75.9 Å². The maximum Gasteiger partial charge on any atom is 0.416 e. The van der Waals surface area contributed by atoms with E-state index in [0.29, 0.717) is 25.5 Å². The minimum Gasteiger partial charge on any atom is -0.437 e. The van der Waals surface area contributed by atoms with Gasteiger partial charge in [0, 0.05) is 26.4 Å². The van der Waals surface area contributed by atoms with E-state index in [1.165, 1.54) is 23.9 Å². The number of aromatic nitrogens is 1. The number of methoxy groups -OCH3 is 1. The predicted octanol–water partition coefficient (Wildman–Crippen LogP) is 5.95. The molecule has 2 aromatic carbocycles. The number of ether oxygens (including phenoxy) is 2. The van der Waals surface area contributed by atoms with E-state index in [0.717, 1.165) is 44.1 Å². The minimum absolute atomic E-state index is 0.0125. The lowest BCUT2D eigenvalue weighted by Crippen LogP contribution is -2.46. The molecule has 1 N–H and O–H groups in total. The zero-order chi connectivity index (χ0) is 31.8. The summed E-state index contributed by atoms with van der Waals surface area (Å²) in [5, 5.41) is 2.67. The van der Waals surface area contributed by atoms with Crippen LogP contribution in [0.1, 0.15) is 34.3 Å². The minimum atomic E-state index is -4.48. The second-order valence-corrected chi connectivity index (χ2v) is 10.2. The number of rotatable bonds is 8. The molecular formula is C31H38ClF3N4O4. The first-order valence-electron chi connectivity index (χ1n) is 13.6. The van der Waals surface area contributed by atoms with Gasteiger partial charge in [0.2, 0.25) is 11.8 Å². The maximum atomic E-state index is 12.5. The lowest BCUT2D eigenvalue weighted by molar-refractivity contribution is -0.137. The molecule has 4 rings (SSSR count). The van der Waals surface area contributed by atoms with Gasteiger partial charge in [0.1, 0.15) is 5.75 Å².